The van der Waals surface area contributed by atoms with E-state index in [0.29, 0.717) is 34.6 Å². The highest BCUT2D eigenvalue weighted by atomic mass is 35.5. The van der Waals surface area contributed by atoms with Crippen LogP contribution < -0.4 is 25.4 Å². The number of aliphatic hydroxyl groups excluding tert-OH is 1. The van der Waals surface area contributed by atoms with Crippen molar-refractivity contribution in [2.24, 2.45) is 5.92 Å². The number of allylic oxidation sites excluding steroid dienone is 2. The summed E-state index contributed by atoms with van der Waals surface area (Å²) in [5.74, 6) is 2.09. The molecule has 2 aromatic heterocycles. The van der Waals surface area contributed by atoms with Crippen molar-refractivity contribution in [3.8, 4) is 11.5 Å². The summed E-state index contributed by atoms with van der Waals surface area (Å²) in [6.45, 7) is 12.5. The van der Waals surface area contributed by atoms with Crippen molar-refractivity contribution in [1.82, 2.24) is 19.6 Å². The number of benzene rings is 3. The number of nitrogen functional groups attached to an aromatic ring is 1. The van der Waals surface area contributed by atoms with Gasteiger partial charge in [0.15, 0.2) is 0 Å². The van der Waals surface area contributed by atoms with Crippen LogP contribution >= 0.6 is 23.5 Å². The van der Waals surface area contributed by atoms with E-state index in [-0.39, 0.29) is 5.91 Å². The highest BCUT2D eigenvalue weighted by Gasteiger charge is 2.21. The van der Waals surface area contributed by atoms with Crippen LogP contribution in [0.15, 0.2) is 102 Å². The van der Waals surface area contributed by atoms with Crippen LogP contribution in [0.1, 0.15) is 74.7 Å². The number of nitrogens with one attached hydrogen (secondary N) is 3. The van der Waals surface area contributed by atoms with Crippen molar-refractivity contribution in [3.05, 3.63) is 113 Å². The standard InChI is InChI=1S/C31H37N7O3S.C13H15Cl.C2H6.CH4O/c1-37-10-12-38(13-11-37)23-2-4-26(29(17-23)41-24-16-22-6-9-33-30(22)35-20-24)31(39)36-42-25-3-5-28(27(32)18-25)34-19-21-7-14-40-15-8-21;1-10-3-2-4-12(9-10)11-5-7-13(14)8-6-11;2*1-2/h2-6,9,16-18,20-21,34H,7-8,10-15,19,32H2,1H3,(H,33,35)(H,36,39);3,5-8,12H,2,4,9H2,1H3;1-2H3;2H,1H3. The van der Waals surface area contributed by atoms with Crippen LogP contribution in [0, 0.1) is 5.92 Å². The van der Waals surface area contributed by atoms with Crippen LogP contribution in [-0.2, 0) is 4.74 Å². The number of carbonyl (C=O) groups excluding carboxylic acids is 1. The van der Waals surface area contributed by atoms with Crippen molar-refractivity contribution in [1.29, 1.82) is 0 Å². The Balaban J connectivity index is 0.000000317. The molecule has 13 heteroatoms. The molecule has 4 heterocycles. The van der Waals surface area contributed by atoms with Gasteiger partial charge in [-0.05, 0) is 130 Å². The lowest BCUT2D eigenvalue weighted by atomic mass is 9.84. The Bertz CT molecular complexity index is 2110. The lowest BCUT2D eigenvalue weighted by Gasteiger charge is -2.34. The maximum Gasteiger partial charge on any atom is 0.265 e. The van der Waals surface area contributed by atoms with Gasteiger partial charge in [0.25, 0.3) is 5.91 Å². The number of likely N-dealkylation sites (N-methyl/N-ethyl adjacent to an activating group) is 1. The second kappa shape index (κ2) is 23.9. The molecule has 2 saturated heterocycles. The number of rotatable bonds is 10. The molecule has 3 aromatic carbocycles. The summed E-state index contributed by atoms with van der Waals surface area (Å²) in [6.07, 6.45) is 11.7. The number of nitrogens with two attached hydrogens (primary N) is 1. The van der Waals surface area contributed by atoms with E-state index in [9.17, 15) is 4.79 Å². The Labute approximate surface area is 365 Å². The van der Waals surface area contributed by atoms with Gasteiger partial charge in [0.05, 0.1) is 23.1 Å². The Morgan fingerprint density at radius 3 is 2.47 bits per heavy atom. The predicted octanol–water partition coefficient (Wildman–Crippen LogP) is 10.2. The number of aromatic amines is 1. The molecule has 1 aliphatic carbocycles. The fourth-order valence-corrected chi connectivity index (χ4v) is 8.17. The molecule has 2 fully saturated rings. The predicted molar refractivity (Wildman–Crippen MR) is 250 cm³/mol. The van der Waals surface area contributed by atoms with Gasteiger partial charge in [-0.2, -0.15) is 0 Å². The van der Waals surface area contributed by atoms with Crippen molar-refractivity contribution in [2.45, 2.75) is 63.7 Å². The smallest absolute Gasteiger partial charge is 0.265 e. The molecule has 2 aliphatic heterocycles. The summed E-state index contributed by atoms with van der Waals surface area (Å²) >= 11 is 7.10. The highest BCUT2D eigenvalue weighted by molar-refractivity contribution is 7.98. The molecule has 3 aliphatic rings. The third-order valence-corrected chi connectivity index (χ3v) is 11.8. The van der Waals surface area contributed by atoms with Crippen LogP contribution in [0.2, 0.25) is 5.02 Å². The SMILES string of the molecule is CC.CC1=CCCC(c2ccc(Cl)cc2)C1.CN1CCN(c2ccc(C(=O)NSc3ccc(NCC4CCOCC4)c(N)c3)c(Oc3cnc4[nH]ccc4c3)c2)CC1.CO. The quantitative estimate of drug-likeness (QED) is 0.0524. The second-order valence-corrected chi connectivity index (χ2v) is 16.3. The number of ether oxygens (including phenoxy) is 2. The normalized spacial score (nSPS) is 16.8. The fraction of sp³-hybridized carbons (Fsp3) is 0.404. The molecule has 1 amide bonds. The number of aromatic nitrogens is 2. The maximum absolute atomic E-state index is 13.5. The van der Waals surface area contributed by atoms with Gasteiger partial charge in [-0.3, -0.25) is 9.52 Å². The summed E-state index contributed by atoms with van der Waals surface area (Å²) in [5, 5.41) is 12.2. The van der Waals surface area contributed by atoms with Gasteiger partial charge in [-0.1, -0.05) is 49.2 Å². The summed E-state index contributed by atoms with van der Waals surface area (Å²) < 4.78 is 14.7. The second-order valence-electron chi connectivity index (χ2n) is 15.0. The maximum atomic E-state index is 13.5. The van der Waals surface area contributed by atoms with Crippen molar-refractivity contribution < 1.29 is 19.4 Å². The number of aliphatic hydroxyl groups is 1. The number of H-pyrrole nitrogens is 1. The molecule has 60 heavy (non-hydrogen) atoms. The number of nitrogens with zero attached hydrogens (tertiary/aromatic N) is 3. The fourth-order valence-electron chi connectivity index (χ4n) is 7.40. The van der Waals surface area contributed by atoms with Crippen LogP contribution in [0.4, 0.5) is 17.1 Å². The molecule has 0 saturated carbocycles. The minimum atomic E-state index is -0.254. The first-order chi connectivity index (χ1) is 29.3. The van der Waals surface area contributed by atoms with E-state index in [1.54, 1.807) is 6.20 Å². The highest BCUT2D eigenvalue weighted by Crippen LogP contribution is 2.34. The zero-order chi connectivity index (χ0) is 42.9. The van der Waals surface area contributed by atoms with E-state index in [1.165, 1.54) is 42.3 Å². The molecule has 0 bridgehead atoms. The molecular formula is C47H62ClN7O4S. The largest absolute Gasteiger partial charge is 0.455 e. The van der Waals surface area contributed by atoms with Gasteiger partial charge in [-0.15, -0.1) is 0 Å². The van der Waals surface area contributed by atoms with Crippen LogP contribution in [0.5, 0.6) is 11.5 Å². The van der Waals surface area contributed by atoms with Gasteiger partial charge >= 0.3 is 0 Å². The Morgan fingerprint density at radius 2 is 1.75 bits per heavy atom. The summed E-state index contributed by atoms with van der Waals surface area (Å²) in [7, 11) is 3.13. The number of amides is 1. The zero-order valence-electron chi connectivity index (χ0n) is 35.7. The van der Waals surface area contributed by atoms with Gasteiger partial charge in [0, 0.05) is 86.3 Å². The summed E-state index contributed by atoms with van der Waals surface area (Å²) in [5.41, 5.74) is 13.1. The summed E-state index contributed by atoms with van der Waals surface area (Å²) in [4.78, 5) is 26.5. The van der Waals surface area contributed by atoms with Gasteiger partial charge in [0.2, 0.25) is 0 Å². The van der Waals surface area contributed by atoms with E-state index in [2.05, 4.69) is 62.0 Å². The number of fused-ring (bicyclic) bond motifs is 1. The first-order valence-electron chi connectivity index (χ1n) is 21.0. The third-order valence-electron chi connectivity index (χ3n) is 10.8. The number of halogens is 1. The Hall–Kier alpha value is -4.72. The minimum Gasteiger partial charge on any atom is -0.455 e. The van der Waals surface area contributed by atoms with Crippen molar-refractivity contribution in [2.75, 3.05) is 76.0 Å². The molecule has 8 rings (SSSR count). The lowest BCUT2D eigenvalue weighted by molar-refractivity contribution is 0.0699. The van der Waals surface area contributed by atoms with E-state index in [1.807, 2.05) is 80.7 Å². The number of hydrogen-bond donors (Lipinski definition) is 5. The topological polar surface area (TPSA) is 141 Å². The molecule has 1 atom stereocenters. The number of piperazine rings is 1. The van der Waals surface area contributed by atoms with Crippen molar-refractivity contribution >= 4 is 57.6 Å². The molecule has 322 valence electrons. The molecule has 0 spiro atoms. The molecule has 6 N–H and O–H groups in total. The molecular weight excluding hydrogens is 794 g/mol. The minimum absolute atomic E-state index is 0.254. The average Bonchev–Trinajstić information content (AvgIpc) is 3.76. The molecule has 1 unspecified atom stereocenters. The number of carbonyl (C=O) groups is 1. The zero-order valence-corrected chi connectivity index (χ0v) is 37.2. The van der Waals surface area contributed by atoms with Crippen LogP contribution in [-0.4, -0.2) is 86.0 Å². The Morgan fingerprint density at radius 1 is 1.00 bits per heavy atom. The lowest BCUT2D eigenvalue weighted by Crippen LogP contribution is -2.44. The van der Waals surface area contributed by atoms with Gasteiger partial charge in [-0.25, -0.2) is 4.98 Å². The monoisotopic (exact) mass is 855 g/mol. The van der Waals surface area contributed by atoms with Crippen molar-refractivity contribution in [3.63, 3.8) is 0 Å². The van der Waals surface area contributed by atoms with Crippen LogP contribution in [0.3, 0.4) is 0 Å². The molecule has 11 nitrogen and oxygen atoms in total. The molecule has 0 radical (unpaired) electrons. The number of pyridine rings is 1. The third kappa shape index (κ3) is 13.4. The molecule has 5 aromatic rings. The van der Waals surface area contributed by atoms with Crippen LogP contribution in [0.25, 0.3) is 11.0 Å². The number of hydrogen-bond acceptors (Lipinski definition) is 10. The van der Waals surface area contributed by atoms with E-state index >= 15 is 0 Å². The van der Waals surface area contributed by atoms with E-state index in [4.69, 9.17) is 31.9 Å². The van der Waals surface area contributed by atoms with E-state index < -0.39 is 0 Å². The first kappa shape index (κ1) is 46.3. The van der Waals surface area contributed by atoms with Gasteiger partial charge < -0.3 is 40.4 Å². The summed E-state index contributed by atoms with van der Waals surface area (Å²) in [6, 6.07) is 23.7. The first-order valence-corrected chi connectivity index (χ1v) is 22.2. The van der Waals surface area contributed by atoms with E-state index in [0.717, 1.165) is 98.2 Å². The number of anilines is 3. The average molecular weight is 857 g/mol. The Kier molecular flexibility index (Phi) is 18.5. The van der Waals surface area contributed by atoms with Gasteiger partial charge in [0.1, 0.15) is 17.1 Å².